The molecule has 2 rings (SSSR count). The molecule has 2 aromatic carbocycles. The third-order valence-electron chi connectivity index (χ3n) is 2.70. The number of esters is 1. The van der Waals surface area contributed by atoms with Crippen LogP contribution in [0.15, 0.2) is 42.5 Å². The van der Waals surface area contributed by atoms with Crippen molar-refractivity contribution in [3.05, 3.63) is 69.2 Å². The van der Waals surface area contributed by atoms with Crippen molar-refractivity contribution in [2.24, 2.45) is 0 Å². The fourth-order valence-electron chi connectivity index (χ4n) is 1.73. The number of hydrogen-bond donors (Lipinski definition) is 0. The lowest BCUT2D eigenvalue weighted by molar-refractivity contribution is -0.131. The summed E-state index contributed by atoms with van der Waals surface area (Å²) in [6.45, 7) is 1.86. The van der Waals surface area contributed by atoms with E-state index in [1.165, 1.54) is 0 Å². The van der Waals surface area contributed by atoms with Crippen molar-refractivity contribution in [2.45, 2.75) is 6.92 Å². The standard InChI is InChI=1S/C15H10Cl2N2O2/c1-9-4-2-5-10(8-9)13(19-18)15(20)21-14-11(16)6-3-7-12(14)17/h2-8H,1H3. The van der Waals surface area contributed by atoms with Crippen molar-refractivity contribution < 1.29 is 14.3 Å². The highest BCUT2D eigenvalue weighted by Crippen LogP contribution is 2.32. The number of rotatable bonds is 3. The quantitative estimate of drug-likeness (QED) is 0.283. The predicted molar refractivity (Wildman–Crippen MR) is 81.0 cm³/mol. The zero-order valence-corrected chi connectivity index (χ0v) is 12.5. The molecule has 0 amide bonds. The first-order valence-electron chi connectivity index (χ1n) is 5.98. The van der Waals surface area contributed by atoms with Crippen molar-refractivity contribution in [2.75, 3.05) is 0 Å². The Balaban J connectivity index is 2.33. The zero-order chi connectivity index (χ0) is 15.4. The lowest BCUT2D eigenvalue weighted by Crippen LogP contribution is -2.23. The second kappa shape index (κ2) is 6.55. The second-order valence-corrected chi connectivity index (χ2v) is 5.07. The predicted octanol–water partition coefficient (Wildman–Crippen LogP) is 3.93. The molecule has 0 spiro atoms. The fourth-order valence-corrected chi connectivity index (χ4v) is 2.20. The summed E-state index contributed by atoms with van der Waals surface area (Å²) in [5.41, 5.74) is 10.2. The van der Waals surface area contributed by atoms with Gasteiger partial charge in [-0.05, 0) is 31.2 Å². The van der Waals surface area contributed by atoms with E-state index in [0.717, 1.165) is 5.56 Å². The summed E-state index contributed by atoms with van der Waals surface area (Å²) < 4.78 is 5.13. The lowest BCUT2D eigenvalue weighted by atomic mass is 10.1. The maximum absolute atomic E-state index is 12.1. The highest BCUT2D eigenvalue weighted by Gasteiger charge is 2.27. The Hall–Kier alpha value is -2.13. The number of carbonyl (C=O) groups is 1. The van der Waals surface area contributed by atoms with Crippen molar-refractivity contribution in [3.63, 3.8) is 0 Å². The minimum atomic E-state index is -0.849. The number of aryl methyl sites for hydroxylation is 1. The number of hydrogen-bond acceptors (Lipinski definition) is 2. The molecule has 0 heterocycles. The second-order valence-electron chi connectivity index (χ2n) is 4.26. The van der Waals surface area contributed by atoms with Gasteiger partial charge < -0.3 is 10.3 Å². The van der Waals surface area contributed by atoms with Crippen molar-refractivity contribution in [3.8, 4) is 5.75 Å². The molecule has 0 saturated heterocycles. The Bertz CT molecular complexity index is 733. The fraction of sp³-hybridized carbons (Fsp3) is 0.0667. The van der Waals surface area contributed by atoms with E-state index >= 15 is 0 Å². The maximum Gasteiger partial charge on any atom is 0.427 e. The van der Waals surface area contributed by atoms with Crippen molar-refractivity contribution in [1.82, 2.24) is 0 Å². The number of nitrogens with zero attached hydrogens (tertiary/aromatic N) is 2. The molecule has 106 valence electrons. The normalized spacial score (nSPS) is 9.86. The van der Waals surface area contributed by atoms with Crippen molar-refractivity contribution >= 4 is 34.9 Å². The summed E-state index contributed by atoms with van der Waals surface area (Å²) in [7, 11) is 0. The summed E-state index contributed by atoms with van der Waals surface area (Å²) in [5, 5.41) is 0.384. The Morgan fingerprint density at radius 1 is 1.14 bits per heavy atom. The summed E-state index contributed by atoms with van der Waals surface area (Å²) in [6.07, 6.45) is 0. The van der Waals surface area contributed by atoms with Gasteiger partial charge in [-0.3, -0.25) is 0 Å². The number of halogens is 2. The van der Waals surface area contributed by atoms with Crippen LogP contribution in [0.4, 0.5) is 0 Å². The van der Waals surface area contributed by atoms with Gasteiger partial charge in [0.25, 0.3) is 0 Å². The van der Waals surface area contributed by atoms with E-state index in [0.29, 0.717) is 5.56 Å². The molecule has 6 heteroatoms. The van der Waals surface area contributed by atoms with Gasteiger partial charge in [0.1, 0.15) is 0 Å². The Morgan fingerprint density at radius 2 is 1.76 bits per heavy atom. The van der Waals surface area contributed by atoms with E-state index in [1.54, 1.807) is 36.4 Å². The first-order chi connectivity index (χ1) is 10.0. The van der Waals surface area contributed by atoms with Gasteiger partial charge in [0, 0.05) is 0 Å². The van der Waals surface area contributed by atoms with E-state index < -0.39 is 5.97 Å². The molecule has 0 radical (unpaired) electrons. The van der Waals surface area contributed by atoms with Gasteiger partial charge in [0.05, 0.1) is 15.6 Å². The van der Waals surface area contributed by atoms with Crippen LogP contribution in [0, 0.1) is 6.92 Å². The molecule has 21 heavy (non-hydrogen) atoms. The van der Waals surface area contributed by atoms with Crippen LogP contribution in [0.1, 0.15) is 11.1 Å². The number of para-hydroxylation sites is 1. The molecule has 0 N–H and O–H groups in total. The summed E-state index contributed by atoms with van der Waals surface area (Å²) >= 11 is 11.9. The van der Waals surface area contributed by atoms with E-state index in [4.69, 9.17) is 33.5 Å². The third-order valence-corrected chi connectivity index (χ3v) is 3.29. The van der Waals surface area contributed by atoms with Crippen LogP contribution in [0.25, 0.3) is 5.53 Å². The van der Waals surface area contributed by atoms with Crippen LogP contribution in [0.5, 0.6) is 5.75 Å². The maximum atomic E-state index is 12.1. The van der Waals surface area contributed by atoms with Crippen LogP contribution in [-0.2, 0) is 4.79 Å². The van der Waals surface area contributed by atoms with Crippen LogP contribution in [0.2, 0.25) is 10.0 Å². The largest absolute Gasteiger partial charge is 0.427 e. The summed E-state index contributed by atoms with van der Waals surface area (Å²) in [4.78, 5) is 15.1. The third kappa shape index (κ3) is 3.50. The molecule has 2 aromatic rings. The van der Waals surface area contributed by atoms with Gasteiger partial charge in [-0.2, -0.15) is 4.79 Å². The van der Waals surface area contributed by atoms with Crippen LogP contribution < -0.4 is 4.74 Å². The highest BCUT2D eigenvalue weighted by molar-refractivity contribution is 6.42. The minimum absolute atomic E-state index is 0.0274. The summed E-state index contributed by atoms with van der Waals surface area (Å²) in [6, 6.07) is 11.6. The number of benzene rings is 2. The van der Waals surface area contributed by atoms with E-state index in [2.05, 4.69) is 4.79 Å². The Labute approximate surface area is 131 Å². The topological polar surface area (TPSA) is 62.7 Å². The minimum Gasteiger partial charge on any atom is -0.414 e. The smallest absolute Gasteiger partial charge is 0.414 e. The molecule has 0 aromatic heterocycles. The number of ether oxygens (including phenoxy) is 1. The molecule has 0 aliphatic heterocycles. The van der Waals surface area contributed by atoms with Gasteiger partial charge in [-0.25, -0.2) is 4.79 Å². The first-order valence-corrected chi connectivity index (χ1v) is 6.74. The van der Waals surface area contributed by atoms with Crippen LogP contribution >= 0.6 is 23.2 Å². The SMILES string of the molecule is Cc1cccc(C(=[N+]=[N-])C(=O)Oc2c(Cl)cccc2Cl)c1. The molecule has 4 nitrogen and oxygen atoms in total. The van der Waals surface area contributed by atoms with Gasteiger partial charge >= 0.3 is 11.7 Å². The van der Waals surface area contributed by atoms with E-state index in [1.807, 2.05) is 13.0 Å². The monoisotopic (exact) mass is 320 g/mol. The molecule has 0 saturated carbocycles. The molecule has 0 aliphatic rings. The Morgan fingerprint density at radius 3 is 2.33 bits per heavy atom. The Kier molecular flexibility index (Phi) is 4.76. The molecule has 0 unspecified atom stereocenters. The van der Waals surface area contributed by atoms with Gasteiger partial charge in [-0.1, -0.05) is 47.0 Å². The molecular weight excluding hydrogens is 311 g/mol. The number of carbonyl (C=O) groups excluding carboxylic acids is 1. The van der Waals surface area contributed by atoms with Gasteiger partial charge in [0.15, 0.2) is 5.75 Å². The highest BCUT2D eigenvalue weighted by atomic mass is 35.5. The first kappa shape index (κ1) is 15.3. The van der Waals surface area contributed by atoms with E-state index in [9.17, 15) is 4.79 Å². The van der Waals surface area contributed by atoms with Crippen LogP contribution in [-0.4, -0.2) is 16.5 Å². The average molecular weight is 321 g/mol. The molecule has 0 aliphatic carbocycles. The average Bonchev–Trinajstić information content (AvgIpc) is 2.44. The summed E-state index contributed by atoms with van der Waals surface area (Å²) in [5.74, 6) is -0.822. The molecule has 0 atom stereocenters. The molecule has 0 fully saturated rings. The van der Waals surface area contributed by atoms with E-state index in [-0.39, 0.29) is 21.5 Å². The van der Waals surface area contributed by atoms with Crippen molar-refractivity contribution in [1.29, 1.82) is 0 Å². The zero-order valence-electron chi connectivity index (χ0n) is 11.0. The van der Waals surface area contributed by atoms with Gasteiger partial charge in [0.2, 0.25) is 0 Å². The van der Waals surface area contributed by atoms with Crippen LogP contribution in [0.3, 0.4) is 0 Å². The lowest BCUT2D eigenvalue weighted by Gasteiger charge is -2.06. The molecular formula is C15H10Cl2N2O2. The van der Waals surface area contributed by atoms with Gasteiger partial charge in [-0.15, -0.1) is 0 Å². The molecule has 0 bridgehead atoms.